The van der Waals surface area contributed by atoms with Crippen molar-refractivity contribution in [2.75, 3.05) is 0 Å². The third kappa shape index (κ3) is 2.21. The molecule has 3 rings (SSSR count). The Hall–Kier alpha value is -2.82. The molecule has 0 aliphatic heterocycles. The summed E-state index contributed by atoms with van der Waals surface area (Å²) in [5.41, 5.74) is 0.259. The second-order valence-corrected chi connectivity index (χ2v) is 4.40. The molecule has 0 bridgehead atoms. The van der Waals surface area contributed by atoms with Crippen LogP contribution in [-0.4, -0.2) is 21.0 Å². The fraction of sp³-hybridized carbons (Fsp3) is 0.0667. The number of carbonyl (C=O) groups is 1. The first-order valence-electron chi connectivity index (χ1n) is 6.23. The van der Waals surface area contributed by atoms with Gasteiger partial charge in [0.2, 0.25) is 0 Å². The molecule has 3 aromatic rings. The van der Waals surface area contributed by atoms with Crippen molar-refractivity contribution in [3.8, 4) is 5.75 Å². The summed E-state index contributed by atoms with van der Waals surface area (Å²) in [5.74, 6) is 0.336. The number of amides is 1. The van der Waals surface area contributed by atoms with Crippen molar-refractivity contribution in [2.45, 2.75) is 6.54 Å². The lowest BCUT2D eigenvalue weighted by molar-refractivity contribution is 0.0947. The van der Waals surface area contributed by atoms with E-state index in [9.17, 15) is 9.90 Å². The van der Waals surface area contributed by atoms with E-state index in [4.69, 9.17) is 0 Å². The second kappa shape index (κ2) is 5.05. The van der Waals surface area contributed by atoms with Gasteiger partial charge < -0.3 is 15.4 Å². The van der Waals surface area contributed by atoms with Crippen molar-refractivity contribution >= 4 is 16.7 Å². The van der Waals surface area contributed by atoms with E-state index in [2.05, 4.69) is 15.3 Å². The Morgan fingerprint density at radius 3 is 2.90 bits per heavy atom. The van der Waals surface area contributed by atoms with Crippen molar-refractivity contribution in [1.29, 1.82) is 0 Å². The van der Waals surface area contributed by atoms with Crippen LogP contribution in [0.4, 0.5) is 0 Å². The fourth-order valence-corrected chi connectivity index (χ4v) is 2.09. The van der Waals surface area contributed by atoms with E-state index in [1.54, 1.807) is 24.5 Å². The molecule has 0 saturated heterocycles. The third-order valence-electron chi connectivity index (χ3n) is 3.12. The zero-order chi connectivity index (χ0) is 13.9. The summed E-state index contributed by atoms with van der Waals surface area (Å²) in [4.78, 5) is 19.0. The zero-order valence-corrected chi connectivity index (χ0v) is 10.6. The van der Waals surface area contributed by atoms with Crippen LogP contribution >= 0.6 is 0 Å². The van der Waals surface area contributed by atoms with E-state index in [1.807, 2.05) is 24.3 Å². The molecular weight excluding hydrogens is 254 g/mol. The summed E-state index contributed by atoms with van der Waals surface area (Å²) >= 11 is 0. The minimum absolute atomic E-state index is 0.0000416. The number of carbonyl (C=O) groups excluding carboxylic acids is 1. The first kappa shape index (κ1) is 12.2. The number of rotatable bonds is 3. The van der Waals surface area contributed by atoms with Crippen molar-refractivity contribution in [1.82, 2.24) is 15.3 Å². The van der Waals surface area contributed by atoms with Gasteiger partial charge in [0.1, 0.15) is 11.6 Å². The maximum absolute atomic E-state index is 12.1. The van der Waals surface area contributed by atoms with Crippen LogP contribution in [0.1, 0.15) is 16.2 Å². The van der Waals surface area contributed by atoms with Gasteiger partial charge in [-0.05, 0) is 11.5 Å². The molecule has 0 radical (unpaired) electrons. The fourth-order valence-electron chi connectivity index (χ4n) is 2.09. The second-order valence-electron chi connectivity index (χ2n) is 4.40. The van der Waals surface area contributed by atoms with Gasteiger partial charge in [-0.15, -0.1) is 0 Å². The number of hydrogen-bond donors (Lipinski definition) is 3. The zero-order valence-electron chi connectivity index (χ0n) is 10.6. The van der Waals surface area contributed by atoms with Crippen LogP contribution in [0, 0.1) is 0 Å². The lowest BCUT2D eigenvalue weighted by Gasteiger charge is -2.08. The standard InChI is InChI=1S/C15H13N3O2/c19-14-11-4-2-1-3-10(11)5-6-12(14)15(20)18-9-13-16-7-8-17-13/h1-8,19H,9H2,(H,16,17)(H,18,20). The first-order chi connectivity index (χ1) is 9.75. The highest BCUT2D eigenvalue weighted by Gasteiger charge is 2.13. The Labute approximate surface area is 115 Å². The van der Waals surface area contributed by atoms with E-state index in [0.717, 1.165) is 5.39 Å². The van der Waals surface area contributed by atoms with Gasteiger partial charge in [-0.2, -0.15) is 0 Å². The van der Waals surface area contributed by atoms with Crippen LogP contribution in [-0.2, 0) is 6.54 Å². The number of imidazole rings is 1. The molecule has 100 valence electrons. The summed E-state index contributed by atoms with van der Waals surface area (Å²) in [5, 5.41) is 14.5. The van der Waals surface area contributed by atoms with E-state index >= 15 is 0 Å². The number of fused-ring (bicyclic) bond motifs is 1. The van der Waals surface area contributed by atoms with Gasteiger partial charge >= 0.3 is 0 Å². The number of benzene rings is 2. The highest BCUT2D eigenvalue weighted by atomic mass is 16.3. The predicted octanol–water partition coefficient (Wildman–Crippen LogP) is 2.20. The van der Waals surface area contributed by atoms with Gasteiger partial charge in [0.15, 0.2) is 0 Å². The highest BCUT2D eigenvalue weighted by molar-refractivity contribution is 6.03. The minimum atomic E-state index is -0.329. The molecule has 0 atom stereocenters. The molecule has 1 aromatic heterocycles. The molecular formula is C15H13N3O2. The molecule has 0 fully saturated rings. The summed E-state index contributed by atoms with van der Waals surface area (Å²) < 4.78 is 0. The normalized spacial score (nSPS) is 10.6. The summed E-state index contributed by atoms with van der Waals surface area (Å²) in [6.07, 6.45) is 3.31. The smallest absolute Gasteiger partial charge is 0.255 e. The van der Waals surface area contributed by atoms with Gasteiger partial charge in [-0.1, -0.05) is 30.3 Å². The van der Waals surface area contributed by atoms with Crippen LogP contribution in [0.5, 0.6) is 5.75 Å². The Kier molecular flexibility index (Phi) is 3.09. The molecule has 0 spiro atoms. The van der Waals surface area contributed by atoms with Crippen molar-refractivity contribution in [3.05, 3.63) is 60.2 Å². The van der Waals surface area contributed by atoms with Crippen LogP contribution in [0.15, 0.2) is 48.8 Å². The van der Waals surface area contributed by atoms with Gasteiger partial charge in [-0.3, -0.25) is 4.79 Å². The molecule has 5 nitrogen and oxygen atoms in total. The number of nitrogens with zero attached hydrogens (tertiary/aromatic N) is 1. The molecule has 0 aliphatic carbocycles. The van der Waals surface area contributed by atoms with Crippen LogP contribution in [0.3, 0.4) is 0 Å². The molecule has 20 heavy (non-hydrogen) atoms. The van der Waals surface area contributed by atoms with Gasteiger partial charge in [0, 0.05) is 17.8 Å². The number of aromatic hydroxyl groups is 1. The molecule has 0 aliphatic rings. The van der Waals surface area contributed by atoms with Crippen LogP contribution in [0.2, 0.25) is 0 Å². The quantitative estimate of drug-likeness (QED) is 0.680. The van der Waals surface area contributed by atoms with Crippen molar-refractivity contribution < 1.29 is 9.90 Å². The Balaban J connectivity index is 1.86. The first-order valence-corrected chi connectivity index (χ1v) is 6.23. The molecule has 0 unspecified atom stereocenters. The van der Waals surface area contributed by atoms with Crippen LogP contribution in [0.25, 0.3) is 10.8 Å². The topological polar surface area (TPSA) is 78.0 Å². The molecule has 1 amide bonds. The summed E-state index contributed by atoms with van der Waals surface area (Å²) in [7, 11) is 0. The average molecular weight is 267 g/mol. The molecule has 5 heteroatoms. The van der Waals surface area contributed by atoms with Gasteiger partial charge in [0.05, 0.1) is 12.1 Å². The maximum atomic E-state index is 12.1. The van der Waals surface area contributed by atoms with E-state index in [0.29, 0.717) is 11.2 Å². The van der Waals surface area contributed by atoms with Crippen molar-refractivity contribution in [3.63, 3.8) is 0 Å². The summed E-state index contributed by atoms with van der Waals surface area (Å²) in [6.45, 7) is 0.290. The van der Waals surface area contributed by atoms with Crippen LogP contribution < -0.4 is 5.32 Å². The van der Waals surface area contributed by atoms with E-state index in [-0.39, 0.29) is 23.8 Å². The van der Waals surface area contributed by atoms with E-state index < -0.39 is 0 Å². The summed E-state index contributed by atoms with van der Waals surface area (Å²) in [6, 6.07) is 10.8. The number of H-pyrrole nitrogens is 1. The molecule has 3 N–H and O–H groups in total. The minimum Gasteiger partial charge on any atom is -0.506 e. The largest absolute Gasteiger partial charge is 0.506 e. The number of nitrogens with one attached hydrogen (secondary N) is 2. The van der Waals surface area contributed by atoms with Gasteiger partial charge in [0.25, 0.3) is 5.91 Å². The highest BCUT2D eigenvalue weighted by Crippen LogP contribution is 2.28. The molecule has 1 heterocycles. The maximum Gasteiger partial charge on any atom is 0.255 e. The predicted molar refractivity (Wildman–Crippen MR) is 75.4 cm³/mol. The Bertz CT molecular complexity index is 751. The number of aromatic amines is 1. The Morgan fingerprint density at radius 2 is 2.10 bits per heavy atom. The average Bonchev–Trinajstić information content (AvgIpc) is 2.99. The van der Waals surface area contributed by atoms with Gasteiger partial charge in [-0.25, -0.2) is 4.98 Å². The SMILES string of the molecule is O=C(NCc1ncc[nH]1)c1ccc2ccccc2c1O. The van der Waals surface area contributed by atoms with E-state index in [1.165, 1.54) is 0 Å². The monoisotopic (exact) mass is 267 g/mol. The lowest BCUT2D eigenvalue weighted by atomic mass is 10.0. The number of phenolic OH excluding ortho intramolecular Hbond substituents is 1. The van der Waals surface area contributed by atoms with Crippen molar-refractivity contribution in [2.24, 2.45) is 0 Å². The number of hydrogen-bond acceptors (Lipinski definition) is 3. The lowest BCUT2D eigenvalue weighted by Crippen LogP contribution is -2.23. The number of aromatic nitrogens is 2. The molecule has 2 aromatic carbocycles. The third-order valence-corrected chi connectivity index (χ3v) is 3.12. The molecule has 0 saturated carbocycles. The Morgan fingerprint density at radius 1 is 1.25 bits per heavy atom. The number of phenols is 1.